The van der Waals surface area contributed by atoms with E-state index >= 15 is 0 Å². The summed E-state index contributed by atoms with van der Waals surface area (Å²) in [6.07, 6.45) is 8.15. The highest BCUT2D eigenvalue weighted by molar-refractivity contribution is 5.97. The number of aromatic nitrogens is 1. The molecule has 36 heavy (non-hydrogen) atoms. The number of nitrogens with zero attached hydrogens (tertiary/aromatic N) is 3. The van der Waals surface area contributed by atoms with E-state index < -0.39 is 0 Å². The minimum Gasteiger partial charge on any atom is -0.364 e. The average Bonchev–Trinajstić information content (AvgIpc) is 3.24. The van der Waals surface area contributed by atoms with Crippen molar-refractivity contribution in [3.8, 4) is 0 Å². The molecule has 0 aliphatic carbocycles. The summed E-state index contributed by atoms with van der Waals surface area (Å²) < 4.78 is 5.16. The summed E-state index contributed by atoms with van der Waals surface area (Å²) in [5.74, 6) is 0.912. The second-order valence-corrected chi connectivity index (χ2v) is 11.0. The molecule has 1 aromatic carbocycles. The number of anilines is 1. The molecule has 7 heteroatoms. The zero-order valence-corrected chi connectivity index (χ0v) is 22.8. The van der Waals surface area contributed by atoms with Gasteiger partial charge >= 0.3 is 0 Å². The van der Waals surface area contributed by atoms with Gasteiger partial charge in [-0.3, -0.25) is 14.5 Å². The van der Waals surface area contributed by atoms with Crippen molar-refractivity contribution < 1.29 is 14.1 Å². The van der Waals surface area contributed by atoms with Gasteiger partial charge in [0, 0.05) is 49.9 Å². The van der Waals surface area contributed by atoms with E-state index in [0.717, 1.165) is 61.4 Å². The van der Waals surface area contributed by atoms with Crippen LogP contribution in [0.5, 0.6) is 0 Å². The second-order valence-electron chi connectivity index (χ2n) is 11.0. The number of fused-ring (bicyclic) bond motifs is 1. The monoisotopic (exact) mass is 496 g/mol. The lowest BCUT2D eigenvalue weighted by Crippen LogP contribution is -2.34. The van der Waals surface area contributed by atoms with Gasteiger partial charge in [0.2, 0.25) is 5.91 Å². The minimum absolute atomic E-state index is 0.0473. The average molecular weight is 497 g/mol. The highest BCUT2D eigenvalue weighted by Gasteiger charge is 2.21. The van der Waals surface area contributed by atoms with Crippen LogP contribution in [0.4, 0.5) is 5.69 Å². The van der Waals surface area contributed by atoms with Gasteiger partial charge < -0.3 is 14.7 Å². The fourth-order valence-corrected chi connectivity index (χ4v) is 4.95. The normalized spacial score (nSPS) is 15.9. The zero-order valence-electron chi connectivity index (χ0n) is 22.8. The van der Waals surface area contributed by atoms with Gasteiger partial charge in [-0.05, 0) is 61.4 Å². The molecule has 0 saturated heterocycles. The molecule has 1 aliphatic rings. The Morgan fingerprint density at radius 1 is 1.03 bits per heavy atom. The zero-order chi connectivity index (χ0) is 26.1. The van der Waals surface area contributed by atoms with Gasteiger partial charge in [-0.1, -0.05) is 52.1 Å². The lowest BCUT2D eigenvalue weighted by molar-refractivity contribution is -0.116. The van der Waals surface area contributed by atoms with E-state index in [4.69, 9.17) is 4.52 Å². The number of rotatable bonds is 7. The lowest BCUT2D eigenvalue weighted by atomic mass is 10.0. The third-order valence-corrected chi connectivity index (χ3v) is 6.66. The minimum atomic E-state index is -0.134. The number of hydrogen-bond acceptors (Lipinski definition) is 5. The van der Waals surface area contributed by atoms with Crippen molar-refractivity contribution in [3.63, 3.8) is 0 Å². The molecule has 0 radical (unpaired) electrons. The number of benzene rings is 1. The fraction of sp³-hybridized carbons (Fsp3) is 0.621. The molecular formula is C29H44N4O3. The lowest BCUT2D eigenvalue weighted by Gasteiger charge is -2.30. The third-order valence-electron chi connectivity index (χ3n) is 6.66. The van der Waals surface area contributed by atoms with Crippen LogP contribution in [-0.2, 0) is 24.3 Å². The molecule has 1 aliphatic heterocycles. The van der Waals surface area contributed by atoms with Crippen molar-refractivity contribution >= 4 is 17.5 Å². The van der Waals surface area contributed by atoms with Crippen LogP contribution in [0.1, 0.15) is 93.9 Å². The molecule has 0 saturated carbocycles. The molecule has 0 unspecified atom stereocenters. The van der Waals surface area contributed by atoms with Gasteiger partial charge in [-0.25, -0.2) is 0 Å². The van der Waals surface area contributed by atoms with Crippen molar-refractivity contribution in [2.45, 2.75) is 86.2 Å². The molecule has 0 fully saturated rings. The van der Waals surface area contributed by atoms with E-state index in [-0.39, 0.29) is 11.8 Å². The van der Waals surface area contributed by atoms with E-state index in [2.05, 4.69) is 43.1 Å². The predicted molar refractivity (Wildman–Crippen MR) is 144 cm³/mol. The van der Waals surface area contributed by atoms with E-state index in [0.29, 0.717) is 30.5 Å². The predicted octanol–water partition coefficient (Wildman–Crippen LogP) is 5.58. The van der Waals surface area contributed by atoms with Crippen molar-refractivity contribution in [2.75, 3.05) is 24.5 Å². The molecule has 7 nitrogen and oxygen atoms in total. The van der Waals surface area contributed by atoms with E-state index in [1.807, 2.05) is 23.1 Å². The first-order valence-electron chi connectivity index (χ1n) is 13.6. The molecular weight excluding hydrogens is 452 g/mol. The first-order valence-corrected chi connectivity index (χ1v) is 13.6. The Morgan fingerprint density at radius 2 is 1.75 bits per heavy atom. The van der Waals surface area contributed by atoms with Crippen LogP contribution in [0.2, 0.25) is 0 Å². The summed E-state index contributed by atoms with van der Waals surface area (Å²) in [5.41, 5.74) is 4.37. The Hall–Kier alpha value is -2.67. The SMILES string of the molecule is CC(=O)N1CCCCCCCN(CC(C)C)Cc2cc(C(=O)NCc3conc3CC(C)C)ccc21. The number of carbonyl (C=O) groups excluding carboxylic acids is 2. The van der Waals surface area contributed by atoms with Crippen molar-refractivity contribution in [1.29, 1.82) is 0 Å². The van der Waals surface area contributed by atoms with Gasteiger partial charge in [-0.15, -0.1) is 0 Å². The van der Waals surface area contributed by atoms with Crippen LogP contribution in [0.25, 0.3) is 0 Å². The molecule has 1 aromatic heterocycles. The van der Waals surface area contributed by atoms with E-state index in [1.54, 1.807) is 13.2 Å². The number of carbonyl (C=O) groups is 2. The molecule has 2 amide bonds. The van der Waals surface area contributed by atoms with Gasteiger partial charge in [0.25, 0.3) is 5.91 Å². The number of amides is 2. The first-order chi connectivity index (χ1) is 17.2. The summed E-state index contributed by atoms with van der Waals surface area (Å²) in [6.45, 7) is 14.2. The number of hydrogen-bond donors (Lipinski definition) is 1. The quantitative estimate of drug-likeness (QED) is 0.541. The maximum atomic E-state index is 13.2. The van der Waals surface area contributed by atoms with Crippen molar-refractivity contribution in [2.24, 2.45) is 11.8 Å². The molecule has 2 heterocycles. The van der Waals surface area contributed by atoms with Crippen LogP contribution in [0.3, 0.4) is 0 Å². The molecule has 3 rings (SSSR count). The Bertz CT molecular complexity index is 998. The van der Waals surface area contributed by atoms with Gasteiger partial charge in [0.1, 0.15) is 6.26 Å². The molecule has 0 atom stereocenters. The van der Waals surface area contributed by atoms with Crippen LogP contribution in [0.15, 0.2) is 29.0 Å². The number of nitrogens with one attached hydrogen (secondary N) is 1. The Kier molecular flexibility index (Phi) is 10.5. The maximum absolute atomic E-state index is 13.2. The standard InChI is InChI=1S/C29H44N4O3/c1-21(2)15-27-26(20-36-31-27)17-30-29(35)24-11-12-28-25(16-24)19-32(18-22(3)4)13-9-7-6-8-10-14-33(28)23(5)34/h11-12,16,20-22H,6-10,13-15,17-19H2,1-5H3,(H,30,35). The summed E-state index contributed by atoms with van der Waals surface area (Å²) >= 11 is 0. The Balaban J connectivity index is 1.85. The molecule has 198 valence electrons. The van der Waals surface area contributed by atoms with Crippen LogP contribution in [0, 0.1) is 11.8 Å². The van der Waals surface area contributed by atoms with Crippen LogP contribution in [-0.4, -0.2) is 41.5 Å². The van der Waals surface area contributed by atoms with E-state index in [1.165, 1.54) is 19.3 Å². The Labute approximate surface area is 216 Å². The molecule has 0 bridgehead atoms. The fourth-order valence-electron chi connectivity index (χ4n) is 4.95. The van der Waals surface area contributed by atoms with Gasteiger partial charge in [-0.2, -0.15) is 0 Å². The van der Waals surface area contributed by atoms with Crippen LogP contribution < -0.4 is 10.2 Å². The summed E-state index contributed by atoms with van der Waals surface area (Å²) in [5, 5.41) is 7.14. The van der Waals surface area contributed by atoms with Crippen LogP contribution >= 0.6 is 0 Å². The highest BCUT2D eigenvalue weighted by atomic mass is 16.5. The van der Waals surface area contributed by atoms with Gasteiger partial charge in [0.05, 0.1) is 5.69 Å². The summed E-state index contributed by atoms with van der Waals surface area (Å²) in [6, 6.07) is 5.77. The second kappa shape index (κ2) is 13.6. The van der Waals surface area contributed by atoms with Gasteiger partial charge in [0.15, 0.2) is 0 Å². The Morgan fingerprint density at radius 3 is 2.44 bits per heavy atom. The van der Waals surface area contributed by atoms with Crippen molar-refractivity contribution in [1.82, 2.24) is 15.4 Å². The summed E-state index contributed by atoms with van der Waals surface area (Å²) in [7, 11) is 0. The molecule has 0 spiro atoms. The summed E-state index contributed by atoms with van der Waals surface area (Å²) in [4.78, 5) is 30.1. The smallest absolute Gasteiger partial charge is 0.251 e. The highest BCUT2D eigenvalue weighted by Crippen LogP contribution is 2.26. The topological polar surface area (TPSA) is 78.7 Å². The molecule has 1 N–H and O–H groups in total. The first kappa shape index (κ1) is 27.9. The van der Waals surface area contributed by atoms with Crippen molar-refractivity contribution in [3.05, 3.63) is 46.8 Å². The molecule has 2 aromatic rings. The maximum Gasteiger partial charge on any atom is 0.251 e. The van der Waals surface area contributed by atoms with E-state index in [9.17, 15) is 9.59 Å². The third kappa shape index (κ3) is 8.19. The largest absolute Gasteiger partial charge is 0.364 e.